The predicted molar refractivity (Wildman–Crippen MR) is 56.6 cm³/mol. The van der Waals surface area contributed by atoms with Gasteiger partial charge in [-0.05, 0) is 0 Å². The van der Waals surface area contributed by atoms with Gasteiger partial charge in [0.1, 0.15) is 11.8 Å². The summed E-state index contributed by atoms with van der Waals surface area (Å²) in [7, 11) is 0. The Morgan fingerprint density at radius 3 is 2.56 bits per heavy atom. The number of nitrogens with two attached hydrogens (primary N) is 1. The monoisotopic (exact) mass is 213 g/mol. The molecule has 0 aliphatic carbocycles. The summed E-state index contributed by atoms with van der Waals surface area (Å²) in [5.41, 5.74) is 4.85. The molecule has 1 heterocycles. The second-order valence-corrected chi connectivity index (χ2v) is 3.18. The van der Waals surface area contributed by atoms with Gasteiger partial charge in [0.15, 0.2) is 11.4 Å². The zero-order chi connectivity index (χ0) is 11.7. The molecule has 0 spiro atoms. The molecule has 1 aromatic heterocycles. The largest absolute Gasteiger partial charge is 0.505 e. The molecule has 0 aliphatic heterocycles. The van der Waals surface area contributed by atoms with Crippen molar-refractivity contribution in [1.82, 2.24) is 4.98 Å². The zero-order valence-electron chi connectivity index (χ0n) is 8.14. The average Bonchev–Trinajstić information content (AvgIpc) is 2.29. The van der Waals surface area contributed by atoms with Crippen molar-refractivity contribution in [2.24, 2.45) is 5.73 Å². The highest BCUT2D eigenvalue weighted by atomic mass is 16.3. The molecule has 2 aromatic rings. The average molecular weight is 213 g/mol. The Hall–Kier alpha value is -2.61. The molecule has 5 heteroatoms. The first-order chi connectivity index (χ1) is 7.65. The van der Waals surface area contributed by atoms with E-state index in [1.54, 1.807) is 24.3 Å². The minimum Gasteiger partial charge on any atom is -0.505 e. The number of aromatic nitrogens is 1. The lowest BCUT2D eigenvalue weighted by atomic mass is 10.1. The summed E-state index contributed by atoms with van der Waals surface area (Å²) in [5.74, 6) is -1.15. The van der Waals surface area contributed by atoms with E-state index in [1.807, 2.05) is 6.07 Å². The number of primary amides is 1. The Labute approximate surface area is 90.8 Å². The van der Waals surface area contributed by atoms with Crippen molar-refractivity contribution in [3.05, 3.63) is 35.7 Å². The molecule has 78 valence electrons. The van der Waals surface area contributed by atoms with Gasteiger partial charge in [0.25, 0.3) is 5.91 Å². The van der Waals surface area contributed by atoms with E-state index in [9.17, 15) is 9.90 Å². The van der Waals surface area contributed by atoms with Gasteiger partial charge < -0.3 is 10.8 Å². The Morgan fingerprint density at radius 1 is 1.38 bits per heavy atom. The third-order valence-corrected chi connectivity index (χ3v) is 2.22. The molecule has 16 heavy (non-hydrogen) atoms. The van der Waals surface area contributed by atoms with Gasteiger partial charge in [-0.3, -0.25) is 4.79 Å². The highest BCUT2D eigenvalue weighted by Crippen LogP contribution is 2.28. The van der Waals surface area contributed by atoms with Crippen molar-refractivity contribution in [3.8, 4) is 11.8 Å². The van der Waals surface area contributed by atoms with E-state index in [1.165, 1.54) is 0 Å². The van der Waals surface area contributed by atoms with Crippen LogP contribution in [0.5, 0.6) is 5.75 Å². The molecule has 5 nitrogen and oxygen atoms in total. The standard InChI is InChI=1S/C11H7N3O2/c12-5-8-6-3-1-2-4-7(6)10(15)9(14-8)11(13)16/h1-4,15H,(H2,13,16). The van der Waals surface area contributed by atoms with Crippen molar-refractivity contribution >= 4 is 16.7 Å². The van der Waals surface area contributed by atoms with E-state index in [0.29, 0.717) is 10.8 Å². The van der Waals surface area contributed by atoms with Crippen LogP contribution in [0.25, 0.3) is 10.8 Å². The molecule has 0 radical (unpaired) electrons. The smallest absolute Gasteiger partial charge is 0.271 e. The molecule has 1 amide bonds. The van der Waals surface area contributed by atoms with E-state index < -0.39 is 5.91 Å². The van der Waals surface area contributed by atoms with Crippen LogP contribution in [0, 0.1) is 11.3 Å². The van der Waals surface area contributed by atoms with Crippen LogP contribution in [0.3, 0.4) is 0 Å². The maximum atomic E-state index is 11.0. The molecule has 2 rings (SSSR count). The van der Waals surface area contributed by atoms with Crippen LogP contribution in [0.1, 0.15) is 16.2 Å². The van der Waals surface area contributed by atoms with Gasteiger partial charge in [-0.1, -0.05) is 24.3 Å². The quantitative estimate of drug-likeness (QED) is 0.735. The van der Waals surface area contributed by atoms with E-state index in [2.05, 4.69) is 4.98 Å². The summed E-state index contributed by atoms with van der Waals surface area (Å²) >= 11 is 0. The molecule has 0 saturated heterocycles. The number of benzene rings is 1. The van der Waals surface area contributed by atoms with Crippen molar-refractivity contribution in [2.75, 3.05) is 0 Å². The normalized spacial score (nSPS) is 9.94. The SMILES string of the molecule is N#Cc1nc(C(N)=O)c(O)c2ccccc12. The fourth-order valence-electron chi connectivity index (χ4n) is 1.51. The number of hydrogen-bond acceptors (Lipinski definition) is 4. The summed E-state index contributed by atoms with van der Waals surface area (Å²) in [6.45, 7) is 0. The minimum atomic E-state index is -0.861. The highest BCUT2D eigenvalue weighted by Gasteiger charge is 2.16. The Bertz CT molecular complexity index is 629. The van der Waals surface area contributed by atoms with Crippen LogP contribution in [-0.2, 0) is 0 Å². The predicted octanol–water partition coefficient (Wildman–Crippen LogP) is 0.911. The molecule has 0 unspecified atom stereocenters. The molecule has 0 atom stereocenters. The first kappa shape index (κ1) is 9.93. The van der Waals surface area contributed by atoms with Gasteiger partial charge >= 0.3 is 0 Å². The molecular formula is C11H7N3O2. The molecule has 0 aliphatic rings. The summed E-state index contributed by atoms with van der Waals surface area (Å²) < 4.78 is 0. The zero-order valence-corrected chi connectivity index (χ0v) is 8.14. The van der Waals surface area contributed by atoms with Gasteiger partial charge in [-0.15, -0.1) is 0 Å². The molecule has 0 fully saturated rings. The van der Waals surface area contributed by atoms with E-state index in [0.717, 1.165) is 0 Å². The second-order valence-electron chi connectivity index (χ2n) is 3.18. The number of pyridine rings is 1. The fourth-order valence-corrected chi connectivity index (χ4v) is 1.51. The van der Waals surface area contributed by atoms with Crippen LogP contribution in [0.4, 0.5) is 0 Å². The fraction of sp³-hybridized carbons (Fsp3) is 0. The lowest BCUT2D eigenvalue weighted by Crippen LogP contribution is -2.14. The van der Waals surface area contributed by atoms with Crippen molar-refractivity contribution in [2.45, 2.75) is 0 Å². The third kappa shape index (κ3) is 1.33. The highest BCUT2D eigenvalue weighted by molar-refractivity contribution is 6.02. The lowest BCUT2D eigenvalue weighted by Gasteiger charge is -2.05. The number of amides is 1. The molecule has 0 bridgehead atoms. The number of rotatable bonds is 1. The van der Waals surface area contributed by atoms with Crippen LogP contribution < -0.4 is 5.73 Å². The van der Waals surface area contributed by atoms with Crippen LogP contribution in [0.2, 0.25) is 0 Å². The van der Waals surface area contributed by atoms with Crippen LogP contribution >= 0.6 is 0 Å². The maximum Gasteiger partial charge on any atom is 0.271 e. The van der Waals surface area contributed by atoms with Crippen LogP contribution in [0.15, 0.2) is 24.3 Å². The van der Waals surface area contributed by atoms with Gasteiger partial charge in [0.2, 0.25) is 0 Å². The van der Waals surface area contributed by atoms with Crippen LogP contribution in [-0.4, -0.2) is 16.0 Å². The third-order valence-electron chi connectivity index (χ3n) is 2.22. The van der Waals surface area contributed by atoms with E-state index in [-0.39, 0.29) is 17.1 Å². The number of nitriles is 1. The van der Waals surface area contributed by atoms with Gasteiger partial charge in [-0.25, -0.2) is 4.98 Å². The molecule has 0 saturated carbocycles. The lowest BCUT2D eigenvalue weighted by molar-refractivity contribution is 0.0993. The Balaban J connectivity index is 2.95. The molecule has 1 aromatic carbocycles. The summed E-state index contributed by atoms with van der Waals surface area (Å²) in [6.07, 6.45) is 0. The molecular weight excluding hydrogens is 206 g/mol. The van der Waals surface area contributed by atoms with E-state index in [4.69, 9.17) is 11.0 Å². The number of carbonyl (C=O) groups excluding carboxylic acids is 1. The summed E-state index contributed by atoms with van der Waals surface area (Å²) in [4.78, 5) is 14.8. The van der Waals surface area contributed by atoms with Gasteiger partial charge in [0.05, 0.1) is 0 Å². The second kappa shape index (κ2) is 3.51. The van der Waals surface area contributed by atoms with Crippen molar-refractivity contribution in [1.29, 1.82) is 5.26 Å². The Morgan fingerprint density at radius 2 is 2.00 bits per heavy atom. The first-order valence-corrected chi connectivity index (χ1v) is 4.46. The van der Waals surface area contributed by atoms with E-state index >= 15 is 0 Å². The number of aromatic hydroxyl groups is 1. The number of fused-ring (bicyclic) bond motifs is 1. The molecule has 3 N–H and O–H groups in total. The van der Waals surface area contributed by atoms with Gasteiger partial charge in [-0.2, -0.15) is 5.26 Å². The maximum absolute atomic E-state index is 11.0. The van der Waals surface area contributed by atoms with Crippen molar-refractivity contribution < 1.29 is 9.90 Å². The summed E-state index contributed by atoms with van der Waals surface area (Å²) in [6, 6.07) is 8.51. The number of nitrogens with zero attached hydrogens (tertiary/aromatic N) is 2. The first-order valence-electron chi connectivity index (χ1n) is 4.46. The Kier molecular flexibility index (Phi) is 2.18. The minimum absolute atomic E-state index is 0.0715. The topological polar surface area (TPSA) is 100 Å². The number of carbonyl (C=O) groups is 1. The summed E-state index contributed by atoms with van der Waals surface area (Å²) in [5, 5.41) is 19.5. The van der Waals surface area contributed by atoms with Crippen molar-refractivity contribution in [3.63, 3.8) is 0 Å². The number of hydrogen-bond donors (Lipinski definition) is 2. The van der Waals surface area contributed by atoms with Gasteiger partial charge in [0, 0.05) is 10.8 Å².